The molecule has 0 aromatic carbocycles. The lowest BCUT2D eigenvalue weighted by molar-refractivity contribution is -0.138. The monoisotopic (exact) mass is 295 g/mol. The van der Waals surface area contributed by atoms with E-state index < -0.39 is 15.5 Å². The average molecular weight is 295 g/mol. The largest absolute Gasteiger partial charge is 0.463 e. The van der Waals surface area contributed by atoms with Gasteiger partial charge in [-0.2, -0.15) is 8.42 Å². The summed E-state index contributed by atoms with van der Waals surface area (Å²) < 4.78 is 34.6. The van der Waals surface area contributed by atoms with E-state index in [1.807, 2.05) is 6.92 Å². The summed E-state index contributed by atoms with van der Waals surface area (Å²) in [4.78, 5) is 11.9. The zero-order valence-corrected chi connectivity index (χ0v) is 13.2. The van der Waals surface area contributed by atoms with Crippen LogP contribution >= 0.6 is 0 Å². The summed E-state index contributed by atoms with van der Waals surface area (Å²) in [6, 6.07) is 0. The summed E-state index contributed by atoms with van der Waals surface area (Å²) in [5, 5.41) is -0.757. The summed E-state index contributed by atoms with van der Waals surface area (Å²) in [6.07, 6.45) is 1.20. The molecule has 7 heteroatoms. The molecule has 0 fully saturated rings. The highest BCUT2D eigenvalue weighted by molar-refractivity contribution is 7.86. The quantitative estimate of drug-likeness (QED) is 0.456. The van der Waals surface area contributed by atoms with Crippen LogP contribution in [0.25, 0.3) is 0 Å². The second-order valence-corrected chi connectivity index (χ2v) is 5.80. The van der Waals surface area contributed by atoms with Gasteiger partial charge in [-0.1, -0.05) is 19.9 Å². The fraction of sp³-hybridized carbons (Fsp3) is 0.750. The van der Waals surface area contributed by atoms with Crippen LogP contribution in [0.5, 0.6) is 0 Å². The third-order valence-corrected chi connectivity index (χ3v) is 3.42. The third-order valence-electron chi connectivity index (χ3n) is 2.08. The molecule has 6 nitrogen and oxygen atoms in total. The van der Waals surface area contributed by atoms with E-state index in [1.165, 1.54) is 4.90 Å². The Kier molecular flexibility index (Phi) is 10.7. The van der Waals surface area contributed by atoms with Gasteiger partial charge in [0.2, 0.25) is 0 Å². The summed E-state index contributed by atoms with van der Waals surface area (Å²) in [5.41, 5.74) is 0.451. The molecule has 0 heterocycles. The number of ether oxygens (including phenoxy) is 1. The van der Waals surface area contributed by atoms with Gasteiger partial charge >= 0.3 is 5.97 Å². The van der Waals surface area contributed by atoms with E-state index in [-0.39, 0.29) is 5.97 Å². The smallest absolute Gasteiger partial charge is 0.333 e. The van der Waals surface area contributed by atoms with Crippen LogP contribution < -0.4 is 0 Å². The fourth-order valence-corrected chi connectivity index (χ4v) is 2.24. The molecule has 0 spiro atoms. The van der Waals surface area contributed by atoms with Crippen LogP contribution in [0.3, 0.4) is 0 Å². The molecule has 0 saturated heterocycles. The Morgan fingerprint density at radius 3 is 1.95 bits per heavy atom. The molecule has 1 unspecified atom stereocenters. The van der Waals surface area contributed by atoms with Crippen LogP contribution in [0.4, 0.5) is 0 Å². The molecule has 114 valence electrons. The van der Waals surface area contributed by atoms with Crippen molar-refractivity contribution in [1.29, 1.82) is 0 Å². The van der Waals surface area contributed by atoms with Crippen molar-refractivity contribution < 1.29 is 22.5 Å². The average Bonchev–Trinajstić information content (AvgIpc) is 2.24. The molecular weight excluding hydrogens is 270 g/mol. The van der Waals surface area contributed by atoms with E-state index >= 15 is 0 Å². The number of carbonyl (C=O) groups is 1. The Morgan fingerprint density at radius 2 is 1.84 bits per heavy atom. The van der Waals surface area contributed by atoms with Crippen molar-refractivity contribution >= 4 is 16.1 Å². The maximum atomic E-state index is 10.7. The van der Waals surface area contributed by atoms with Gasteiger partial charge in [0.1, 0.15) is 5.37 Å². The van der Waals surface area contributed by atoms with Gasteiger partial charge in [-0.25, -0.2) is 4.79 Å². The molecule has 0 aliphatic rings. The second-order valence-electron chi connectivity index (χ2n) is 4.22. The zero-order valence-electron chi connectivity index (χ0n) is 12.3. The third kappa shape index (κ3) is 10.7. The highest BCUT2D eigenvalue weighted by atomic mass is 32.2. The Morgan fingerprint density at radius 1 is 1.37 bits per heavy atom. The number of hydrogen-bond donors (Lipinski definition) is 1. The van der Waals surface area contributed by atoms with Crippen LogP contribution in [0, 0.1) is 0 Å². The highest BCUT2D eigenvalue weighted by Crippen LogP contribution is 2.08. The first-order valence-corrected chi connectivity index (χ1v) is 7.53. The van der Waals surface area contributed by atoms with Crippen molar-refractivity contribution in [1.82, 2.24) is 4.90 Å². The molecule has 0 saturated carbocycles. The van der Waals surface area contributed by atoms with Gasteiger partial charge < -0.3 is 4.74 Å². The van der Waals surface area contributed by atoms with E-state index in [4.69, 9.17) is 4.55 Å². The molecular formula is C12H25NO5S. The van der Waals surface area contributed by atoms with Crippen molar-refractivity contribution in [2.75, 3.05) is 20.7 Å². The lowest BCUT2D eigenvalue weighted by Crippen LogP contribution is -2.35. The molecule has 0 aliphatic carbocycles. The van der Waals surface area contributed by atoms with Crippen molar-refractivity contribution in [3.05, 3.63) is 12.2 Å². The topological polar surface area (TPSA) is 83.9 Å². The molecule has 1 N–H and O–H groups in total. The number of rotatable bonds is 6. The SMILES string of the molecule is C=C(C)C(=O)OCC.CCCC(N(C)C)S(=O)(=O)O. The predicted octanol–water partition coefficient (Wildman–Crippen LogP) is 1.69. The molecule has 1 atom stereocenters. The minimum absolute atomic E-state index is 0.312. The Labute approximate surface area is 116 Å². The molecule has 0 aromatic rings. The molecule has 19 heavy (non-hydrogen) atoms. The van der Waals surface area contributed by atoms with E-state index in [0.29, 0.717) is 18.6 Å². The maximum Gasteiger partial charge on any atom is 0.333 e. The first-order valence-electron chi connectivity index (χ1n) is 6.03. The summed E-state index contributed by atoms with van der Waals surface area (Å²) in [6.45, 7) is 9.09. The summed E-state index contributed by atoms with van der Waals surface area (Å²) >= 11 is 0. The summed E-state index contributed by atoms with van der Waals surface area (Å²) in [5.74, 6) is -0.312. The van der Waals surface area contributed by atoms with Crippen LogP contribution in [0.15, 0.2) is 12.2 Å². The zero-order chi connectivity index (χ0) is 15.6. The van der Waals surface area contributed by atoms with Gasteiger partial charge in [-0.05, 0) is 34.4 Å². The van der Waals surface area contributed by atoms with Crippen LogP contribution in [-0.4, -0.2) is 49.9 Å². The van der Waals surface area contributed by atoms with Gasteiger partial charge in [0.05, 0.1) is 6.61 Å². The number of nitrogens with zero attached hydrogens (tertiary/aromatic N) is 1. The molecule has 0 bridgehead atoms. The molecule has 0 aliphatic heterocycles. The van der Waals surface area contributed by atoms with Crippen LogP contribution in [0.1, 0.15) is 33.6 Å². The van der Waals surface area contributed by atoms with Gasteiger partial charge in [0.15, 0.2) is 0 Å². The van der Waals surface area contributed by atoms with Crippen molar-refractivity contribution in [2.45, 2.75) is 39.0 Å². The number of esters is 1. The van der Waals surface area contributed by atoms with Crippen LogP contribution in [-0.2, 0) is 19.6 Å². The first kappa shape index (κ1) is 20.4. The minimum atomic E-state index is -3.90. The van der Waals surface area contributed by atoms with E-state index in [2.05, 4.69) is 11.3 Å². The van der Waals surface area contributed by atoms with Crippen molar-refractivity contribution in [3.63, 3.8) is 0 Å². The number of carbonyl (C=O) groups excluding carboxylic acids is 1. The lowest BCUT2D eigenvalue weighted by atomic mass is 10.3. The van der Waals surface area contributed by atoms with E-state index in [1.54, 1.807) is 27.9 Å². The molecule has 0 amide bonds. The second kappa shape index (κ2) is 9.94. The first-order chi connectivity index (χ1) is 8.57. The maximum absolute atomic E-state index is 10.7. The van der Waals surface area contributed by atoms with Crippen molar-refractivity contribution in [2.24, 2.45) is 0 Å². The van der Waals surface area contributed by atoms with E-state index in [9.17, 15) is 13.2 Å². The van der Waals surface area contributed by atoms with E-state index in [0.717, 1.165) is 6.42 Å². The molecule has 0 aromatic heterocycles. The summed E-state index contributed by atoms with van der Waals surface area (Å²) in [7, 11) is -0.634. The predicted molar refractivity (Wildman–Crippen MR) is 75.4 cm³/mol. The van der Waals surface area contributed by atoms with Gasteiger partial charge in [0, 0.05) is 5.57 Å². The number of hydrogen-bond acceptors (Lipinski definition) is 5. The standard InChI is InChI=1S/C6H15NO3S.C6H10O2/c1-4-5-6(7(2)3)11(8,9)10;1-4-8-6(7)5(2)3/h6H,4-5H2,1-3H3,(H,8,9,10);2,4H2,1,3H3. The van der Waals surface area contributed by atoms with Gasteiger partial charge in [0.25, 0.3) is 10.1 Å². The van der Waals surface area contributed by atoms with Crippen molar-refractivity contribution in [3.8, 4) is 0 Å². The molecule has 0 radical (unpaired) electrons. The Bertz CT molecular complexity index is 376. The Balaban J connectivity index is 0. The van der Waals surface area contributed by atoms with Gasteiger partial charge in [-0.3, -0.25) is 9.45 Å². The minimum Gasteiger partial charge on any atom is -0.463 e. The fourth-order valence-electron chi connectivity index (χ4n) is 1.17. The normalized spacial score (nSPS) is 12.4. The Hall–Kier alpha value is -0.920. The highest BCUT2D eigenvalue weighted by Gasteiger charge is 2.23. The van der Waals surface area contributed by atoms with Crippen LogP contribution in [0.2, 0.25) is 0 Å². The molecule has 0 rings (SSSR count). The van der Waals surface area contributed by atoms with Gasteiger partial charge in [-0.15, -0.1) is 0 Å². The lowest BCUT2D eigenvalue weighted by Gasteiger charge is -2.19.